The van der Waals surface area contributed by atoms with E-state index < -0.39 is 0 Å². The molecule has 0 bridgehead atoms. The Morgan fingerprint density at radius 3 is 2.50 bits per heavy atom. The number of rotatable bonds is 3. The zero-order chi connectivity index (χ0) is 15.7. The standard InChI is InChI=1S/C18H21N3O/c1-12(19)11-20-17-15-9-4-3-7-13(15)14-8-5-6-10-16(14)21(2)18(17)22/h3-10,12,17,20H,11,19H2,1-2H3/t12-,17-/m0/s1. The van der Waals surface area contributed by atoms with Crippen molar-refractivity contribution in [2.24, 2.45) is 5.73 Å². The van der Waals surface area contributed by atoms with Crippen LogP contribution in [0.3, 0.4) is 0 Å². The van der Waals surface area contributed by atoms with E-state index >= 15 is 0 Å². The Labute approximate surface area is 130 Å². The van der Waals surface area contributed by atoms with Gasteiger partial charge in [-0.1, -0.05) is 42.5 Å². The number of carbonyl (C=O) groups is 1. The van der Waals surface area contributed by atoms with Gasteiger partial charge >= 0.3 is 0 Å². The summed E-state index contributed by atoms with van der Waals surface area (Å²) in [6, 6.07) is 15.7. The molecule has 1 amide bonds. The fraction of sp³-hybridized carbons (Fsp3) is 0.278. The van der Waals surface area contributed by atoms with E-state index in [9.17, 15) is 4.79 Å². The SMILES string of the molecule is C[C@H](N)CN[C@@H]1C(=O)N(C)c2ccccc2-c2ccccc21. The summed E-state index contributed by atoms with van der Waals surface area (Å²) in [6.45, 7) is 2.52. The molecule has 0 radical (unpaired) electrons. The van der Waals surface area contributed by atoms with Crippen molar-refractivity contribution in [1.82, 2.24) is 5.32 Å². The Bertz CT molecular complexity index is 696. The highest BCUT2D eigenvalue weighted by molar-refractivity contribution is 6.04. The third kappa shape index (κ3) is 2.51. The number of benzene rings is 2. The predicted octanol–water partition coefficient (Wildman–Crippen LogP) is 2.31. The van der Waals surface area contributed by atoms with Crippen LogP contribution < -0.4 is 16.0 Å². The molecule has 0 aromatic heterocycles. The summed E-state index contributed by atoms with van der Waals surface area (Å²) in [7, 11) is 1.83. The van der Waals surface area contributed by atoms with Gasteiger partial charge in [0, 0.05) is 25.2 Å². The molecular formula is C18H21N3O. The van der Waals surface area contributed by atoms with Crippen LogP contribution in [0.15, 0.2) is 48.5 Å². The first kappa shape index (κ1) is 14.8. The van der Waals surface area contributed by atoms with Crippen LogP contribution in [0.1, 0.15) is 18.5 Å². The molecule has 0 saturated carbocycles. The van der Waals surface area contributed by atoms with Crippen LogP contribution in [-0.4, -0.2) is 25.5 Å². The number of nitrogens with one attached hydrogen (secondary N) is 1. The molecule has 2 atom stereocenters. The van der Waals surface area contributed by atoms with Gasteiger partial charge in [0.25, 0.3) is 0 Å². The number of para-hydroxylation sites is 1. The van der Waals surface area contributed by atoms with Gasteiger partial charge in [-0.3, -0.25) is 4.79 Å². The second-order valence-electron chi connectivity index (χ2n) is 5.82. The third-order valence-corrected chi connectivity index (χ3v) is 4.05. The monoisotopic (exact) mass is 295 g/mol. The summed E-state index contributed by atoms with van der Waals surface area (Å²) >= 11 is 0. The second-order valence-corrected chi connectivity index (χ2v) is 5.82. The average molecular weight is 295 g/mol. The quantitative estimate of drug-likeness (QED) is 0.913. The zero-order valence-corrected chi connectivity index (χ0v) is 12.9. The van der Waals surface area contributed by atoms with Gasteiger partial charge in [0.05, 0.1) is 5.69 Å². The zero-order valence-electron chi connectivity index (χ0n) is 12.9. The van der Waals surface area contributed by atoms with E-state index in [1.54, 1.807) is 4.90 Å². The second kappa shape index (κ2) is 5.91. The summed E-state index contributed by atoms with van der Waals surface area (Å²) in [5.74, 6) is 0.0399. The van der Waals surface area contributed by atoms with Gasteiger partial charge in [-0.2, -0.15) is 0 Å². The van der Waals surface area contributed by atoms with Crippen LogP contribution in [0.4, 0.5) is 5.69 Å². The van der Waals surface area contributed by atoms with E-state index in [0.717, 1.165) is 22.4 Å². The van der Waals surface area contributed by atoms with Crippen LogP contribution >= 0.6 is 0 Å². The van der Waals surface area contributed by atoms with Gasteiger partial charge in [0.15, 0.2) is 0 Å². The normalized spacial score (nSPS) is 18.4. The molecule has 4 nitrogen and oxygen atoms in total. The molecule has 0 saturated heterocycles. The molecule has 0 unspecified atom stereocenters. The molecule has 2 aromatic rings. The molecule has 3 N–H and O–H groups in total. The number of fused-ring (bicyclic) bond motifs is 3. The molecule has 22 heavy (non-hydrogen) atoms. The first-order valence-electron chi connectivity index (χ1n) is 7.54. The minimum absolute atomic E-state index is 0.00380. The lowest BCUT2D eigenvalue weighted by Gasteiger charge is -2.23. The van der Waals surface area contributed by atoms with Crippen molar-refractivity contribution in [1.29, 1.82) is 0 Å². The Morgan fingerprint density at radius 2 is 1.77 bits per heavy atom. The maximum atomic E-state index is 12.9. The Hall–Kier alpha value is -2.17. The lowest BCUT2D eigenvalue weighted by atomic mass is 9.95. The highest BCUT2D eigenvalue weighted by atomic mass is 16.2. The number of hydrogen-bond donors (Lipinski definition) is 2. The fourth-order valence-electron chi connectivity index (χ4n) is 2.93. The topological polar surface area (TPSA) is 58.4 Å². The van der Waals surface area contributed by atoms with E-state index in [4.69, 9.17) is 5.73 Å². The number of carbonyl (C=O) groups excluding carboxylic acids is 1. The number of amides is 1. The molecule has 4 heteroatoms. The van der Waals surface area contributed by atoms with Gasteiger partial charge in [-0.05, 0) is 24.1 Å². The number of anilines is 1. The van der Waals surface area contributed by atoms with Crippen molar-refractivity contribution in [3.8, 4) is 11.1 Å². The maximum absolute atomic E-state index is 12.9. The van der Waals surface area contributed by atoms with Crippen LogP contribution in [0, 0.1) is 0 Å². The van der Waals surface area contributed by atoms with Crippen molar-refractivity contribution >= 4 is 11.6 Å². The maximum Gasteiger partial charge on any atom is 0.248 e. The van der Waals surface area contributed by atoms with E-state index in [2.05, 4.69) is 17.4 Å². The van der Waals surface area contributed by atoms with Gasteiger partial charge < -0.3 is 16.0 Å². The lowest BCUT2D eigenvalue weighted by Crippen LogP contribution is -2.42. The summed E-state index contributed by atoms with van der Waals surface area (Å²) in [6.07, 6.45) is 0. The molecule has 1 aliphatic heterocycles. The Balaban J connectivity index is 2.14. The summed E-state index contributed by atoms with van der Waals surface area (Å²) < 4.78 is 0. The van der Waals surface area contributed by atoms with Crippen LogP contribution in [0.2, 0.25) is 0 Å². The van der Waals surface area contributed by atoms with Crippen LogP contribution in [0.5, 0.6) is 0 Å². The molecule has 1 heterocycles. The minimum atomic E-state index is -0.375. The molecule has 114 valence electrons. The first-order valence-corrected chi connectivity index (χ1v) is 7.54. The van der Waals surface area contributed by atoms with Crippen molar-refractivity contribution in [3.05, 3.63) is 54.1 Å². The van der Waals surface area contributed by atoms with Gasteiger partial charge in [-0.15, -0.1) is 0 Å². The molecular weight excluding hydrogens is 274 g/mol. The van der Waals surface area contributed by atoms with Gasteiger partial charge in [-0.25, -0.2) is 0 Å². The molecule has 3 rings (SSSR count). The number of nitrogens with zero attached hydrogens (tertiary/aromatic N) is 1. The largest absolute Gasteiger partial charge is 0.327 e. The molecule has 2 aromatic carbocycles. The number of nitrogens with two attached hydrogens (primary N) is 1. The highest BCUT2D eigenvalue weighted by Gasteiger charge is 2.31. The average Bonchev–Trinajstić information content (AvgIpc) is 2.62. The first-order chi connectivity index (χ1) is 10.6. The van der Waals surface area contributed by atoms with Crippen molar-refractivity contribution < 1.29 is 4.79 Å². The molecule has 1 aliphatic rings. The lowest BCUT2D eigenvalue weighted by molar-refractivity contribution is -0.120. The third-order valence-electron chi connectivity index (χ3n) is 4.05. The van der Waals surface area contributed by atoms with E-state index in [0.29, 0.717) is 6.54 Å². The van der Waals surface area contributed by atoms with Crippen molar-refractivity contribution in [2.45, 2.75) is 19.0 Å². The van der Waals surface area contributed by atoms with Gasteiger partial charge in [0.1, 0.15) is 6.04 Å². The Morgan fingerprint density at radius 1 is 1.14 bits per heavy atom. The summed E-state index contributed by atoms with van der Waals surface area (Å²) in [5, 5.41) is 3.32. The fourth-order valence-corrected chi connectivity index (χ4v) is 2.93. The summed E-state index contributed by atoms with van der Waals surface area (Å²) in [5.41, 5.74) is 9.96. The molecule has 0 fully saturated rings. The van der Waals surface area contributed by atoms with Crippen LogP contribution in [-0.2, 0) is 4.79 Å². The van der Waals surface area contributed by atoms with Gasteiger partial charge in [0.2, 0.25) is 5.91 Å². The van der Waals surface area contributed by atoms with E-state index in [-0.39, 0.29) is 18.0 Å². The highest BCUT2D eigenvalue weighted by Crippen LogP contribution is 2.39. The van der Waals surface area contributed by atoms with E-state index in [1.165, 1.54) is 0 Å². The number of likely N-dealkylation sites (N-methyl/N-ethyl adjacent to an activating group) is 1. The Kier molecular flexibility index (Phi) is 3.96. The van der Waals surface area contributed by atoms with Crippen LogP contribution in [0.25, 0.3) is 11.1 Å². The molecule has 0 aliphatic carbocycles. The van der Waals surface area contributed by atoms with E-state index in [1.807, 2.05) is 50.4 Å². The predicted molar refractivity (Wildman–Crippen MR) is 89.7 cm³/mol. The minimum Gasteiger partial charge on any atom is -0.327 e. The summed E-state index contributed by atoms with van der Waals surface area (Å²) in [4.78, 5) is 14.6. The number of hydrogen-bond acceptors (Lipinski definition) is 3. The molecule has 0 spiro atoms. The van der Waals surface area contributed by atoms with Crippen molar-refractivity contribution in [3.63, 3.8) is 0 Å². The van der Waals surface area contributed by atoms with Crippen molar-refractivity contribution in [2.75, 3.05) is 18.5 Å². The smallest absolute Gasteiger partial charge is 0.248 e.